The monoisotopic (exact) mass is 378 g/mol. The fraction of sp³-hybridized carbons (Fsp3) is 0.875. The maximum absolute atomic E-state index is 12.3. The first-order valence-corrected chi connectivity index (χ1v) is 8.36. The van der Waals surface area contributed by atoms with Crippen LogP contribution >= 0.6 is 0 Å². The quantitative estimate of drug-likeness (QED) is 0.537. The first-order valence-electron chi connectivity index (χ1n) is 8.36. The van der Waals surface area contributed by atoms with E-state index in [1.165, 1.54) is 0 Å². The Labute approximate surface area is 151 Å². The topological polar surface area (TPSA) is 130 Å². The average Bonchev–Trinajstić information content (AvgIpc) is 3.06. The van der Waals surface area contributed by atoms with Crippen molar-refractivity contribution >= 4 is 11.9 Å². The number of rotatable bonds is 7. The minimum atomic E-state index is -1.17. The second-order valence-electron chi connectivity index (χ2n) is 6.82. The van der Waals surface area contributed by atoms with Crippen LogP contribution in [0.4, 0.5) is 0 Å². The summed E-state index contributed by atoms with van der Waals surface area (Å²) in [5, 5.41) is 17.7. The fourth-order valence-corrected chi connectivity index (χ4v) is 2.88. The SMILES string of the molecule is CC1(C)O[C@H]([C@@H]2OC(C)(C)O[C@H]2C(=O)OCCO)[C@@H](C(=O)OCCO)O1. The largest absolute Gasteiger partial charge is 0.461 e. The third-order valence-electron chi connectivity index (χ3n) is 3.72. The van der Waals surface area contributed by atoms with Crippen molar-refractivity contribution in [2.24, 2.45) is 0 Å². The smallest absolute Gasteiger partial charge is 0.338 e. The third kappa shape index (κ3) is 4.90. The van der Waals surface area contributed by atoms with Crippen LogP contribution in [0.5, 0.6) is 0 Å². The molecular weight excluding hydrogens is 352 g/mol. The third-order valence-corrected chi connectivity index (χ3v) is 3.72. The molecule has 0 aromatic heterocycles. The summed E-state index contributed by atoms with van der Waals surface area (Å²) in [5.41, 5.74) is 0. The molecule has 0 aromatic carbocycles. The van der Waals surface area contributed by atoms with Gasteiger partial charge in [-0.2, -0.15) is 0 Å². The number of carbonyl (C=O) groups is 2. The van der Waals surface area contributed by atoms with Crippen LogP contribution in [-0.4, -0.2) is 84.6 Å². The zero-order valence-corrected chi connectivity index (χ0v) is 15.3. The molecule has 4 atom stereocenters. The molecule has 2 aliphatic heterocycles. The molecule has 10 heteroatoms. The van der Waals surface area contributed by atoms with E-state index in [1.807, 2.05) is 0 Å². The van der Waals surface area contributed by atoms with E-state index in [0.717, 1.165) is 0 Å². The average molecular weight is 378 g/mol. The van der Waals surface area contributed by atoms with Crippen LogP contribution in [0, 0.1) is 0 Å². The van der Waals surface area contributed by atoms with Crippen molar-refractivity contribution in [3.05, 3.63) is 0 Å². The zero-order chi connectivity index (χ0) is 19.5. The van der Waals surface area contributed by atoms with Gasteiger partial charge in [-0.1, -0.05) is 0 Å². The molecule has 0 unspecified atom stereocenters. The van der Waals surface area contributed by atoms with E-state index >= 15 is 0 Å². The van der Waals surface area contributed by atoms with Gasteiger partial charge in [-0.15, -0.1) is 0 Å². The molecule has 2 fully saturated rings. The lowest BCUT2D eigenvalue weighted by Crippen LogP contribution is -2.48. The Bertz CT molecular complexity index is 471. The molecule has 2 heterocycles. The molecule has 0 bridgehead atoms. The molecule has 0 aliphatic carbocycles. The molecule has 0 saturated carbocycles. The normalized spacial score (nSPS) is 32.4. The Morgan fingerprint density at radius 3 is 1.42 bits per heavy atom. The molecule has 0 aromatic rings. The molecule has 26 heavy (non-hydrogen) atoms. The molecule has 2 rings (SSSR count). The maximum atomic E-state index is 12.3. The summed E-state index contributed by atoms with van der Waals surface area (Å²) in [5.74, 6) is -3.73. The lowest BCUT2D eigenvalue weighted by Gasteiger charge is -2.24. The maximum Gasteiger partial charge on any atom is 0.338 e. The Kier molecular flexibility index (Phi) is 6.59. The summed E-state index contributed by atoms with van der Waals surface area (Å²) in [4.78, 5) is 24.6. The Balaban J connectivity index is 2.22. The Morgan fingerprint density at radius 1 is 0.769 bits per heavy atom. The summed E-state index contributed by atoms with van der Waals surface area (Å²) in [6.45, 7) is 5.39. The number of ether oxygens (including phenoxy) is 6. The van der Waals surface area contributed by atoms with Crippen LogP contribution in [0.25, 0.3) is 0 Å². The second kappa shape index (κ2) is 8.15. The zero-order valence-electron chi connectivity index (χ0n) is 15.3. The number of hydrogen-bond donors (Lipinski definition) is 2. The molecule has 0 spiro atoms. The van der Waals surface area contributed by atoms with Gasteiger partial charge in [0.1, 0.15) is 25.4 Å². The molecule has 2 aliphatic rings. The predicted octanol–water partition coefficient (Wildman–Crippen LogP) is -0.902. The summed E-state index contributed by atoms with van der Waals surface area (Å²) >= 11 is 0. The van der Waals surface area contributed by atoms with E-state index in [4.69, 9.17) is 38.6 Å². The van der Waals surface area contributed by atoms with Gasteiger partial charge in [-0.05, 0) is 27.7 Å². The van der Waals surface area contributed by atoms with Crippen LogP contribution in [0.15, 0.2) is 0 Å². The van der Waals surface area contributed by atoms with E-state index in [1.54, 1.807) is 27.7 Å². The lowest BCUT2D eigenvalue weighted by molar-refractivity contribution is -0.177. The summed E-state index contributed by atoms with van der Waals surface area (Å²) in [6, 6.07) is 0. The fourth-order valence-electron chi connectivity index (χ4n) is 2.88. The van der Waals surface area contributed by atoms with E-state index in [2.05, 4.69) is 0 Å². The minimum absolute atomic E-state index is 0.193. The number of aliphatic hydroxyl groups is 2. The van der Waals surface area contributed by atoms with Gasteiger partial charge in [0.2, 0.25) is 0 Å². The van der Waals surface area contributed by atoms with Crippen molar-refractivity contribution in [1.82, 2.24) is 0 Å². The number of aliphatic hydroxyl groups excluding tert-OH is 2. The van der Waals surface area contributed by atoms with Crippen LogP contribution in [0.3, 0.4) is 0 Å². The van der Waals surface area contributed by atoms with Crippen molar-refractivity contribution in [2.75, 3.05) is 26.4 Å². The highest BCUT2D eigenvalue weighted by molar-refractivity contribution is 5.78. The van der Waals surface area contributed by atoms with Crippen LogP contribution in [0.2, 0.25) is 0 Å². The van der Waals surface area contributed by atoms with Crippen molar-refractivity contribution < 1.29 is 48.2 Å². The van der Waals surface area contributed by atoms with Gasteiger partial charge >= 0.3 is 11.9 Å². The van der Waals surface area contributed by atoms with Crippen molar-refractivity contribution in [3.8, 4) is 0 Å². The van der Waals surface area contributed by atoms with Gasteiger partial charge in [0, 0.05) is 0 Å². The molecule has 2 saturated heterocycles. The minimum Gasteiger partial charge on any atom is -0.461 e. The molecule has 0 amide bonds. The van der Waals surface area contributed by atoms with Crippen molar-refractivity contribution in [3.63, 3.8) is 0 Å². The molecule has 10 nitrogen and oxygen atoms in total. The predicted molar refractivity (Wildman–Crippen MR) is 83.7 cm³/mol. The van der Waals surface area contributed by atoms with Gasteiger partial charge in [0.05, 0.1) is 13.2 Å². The standard InChI is InChI=1S/C16H26O10/c1-15(2)23-9(11(25-15)13(19)21-7-5-17)10-12(14(20)22-8-6-18)26-16(3,4)24-10/h9-12,17-18H,5-8H2,1-4H3/t9-,10+,11+,12-. The molecule has 0 radical (unpaired) electrons. The van der Waals surface area contributed by atoms with E-state index < -0.39 is 47.9 Å². The van der Waals surface area contributed by atoms with E-state index in [9.17, 15) is 9.59 Å². The molecule has 2 N–H and O–H groups in total. The van der Waals surface area contributed by atoms with E-state index in [-0.39, 0.29) is 26.4 Å². The molecule has 150 valence electrons. The summed E-state index contributed by atoms with van der Waals surface area (Å²) in [6.07, 6.45) is -4.34. The highest BCUT2D eigenvalue weighted by Gasteiger charge is 2.58. The Morgan fingerprint density at radius 2 is 1.12 bits per heavy atom. The van der Waals surface area contributed by atoms with Gasteiger partial charge in [0.25, 0.3) is 0 Å². The van der Waals surface area contributed by atoms with Crippen LogP contribution in [0.1, 0.15) is 27.7 Å². The van der Waals surface area contributed by atoms with Crippen LogP contribution < -0.4 is 0 Å². The molecular formula is C16H26O10. The van der Waals surface area contributed by atoms with E-state index in [0.29, 0.717) is 0 Å². The van der Waals surface area contributed by atoms with Crippen molar-refractivity contribution in [1.29, 1.82) is 0 Å². The number of hydrogen-bond acceptors (Lipinski definition) is 10. The first kappa shape index (κ1) is 21.0. The summed E-state index contributed by atoms with van der Waals surface area (Å²) < 4.78 is 32.6. The van der Waals surface area contributed by atoms with Gasteiger partial charge < -0.3 is 38.6 Å². The van der Waals surface area contributed by atoms with Gasteiger partial charge in [0.15, 0.2) is 23.8 Å². The summed E-state index contributed by atoms with van der Waals surface area (Å²) in [7, 11) is 0. The highest BCUT2D eigenvalue weighted by Crippen LogP contribution is 2.39. The Hall–Kier alpha value is -1.30. The second-order valence-corrected chi connectivity index (χ2v) is 6.82. The number of esters is 2. The first-order chi connectivity index (χ1) is 12.1. The van der Waals surface area contributed by atoms with Gasteiger partial charge in [-0.25, -0.2) is 9.59 Å². The van der Waals surface area contributed by atoms with Crippen LogP contribution in [-0.2, 0) is 38.0 Å². The number of carbonyl (C=O) groups excluding carboxylic acids is 2. The van der Waals surface area contributed by atoms with Gasteiger partial charge in [-0.3, -0.25) is 0 Å². The van der Waals surface area contributed by atoms with Crippen molar-refractivity contribution in [2.45, 2.75) is 63.7 Å². The lowest BCUT2D eigenvalue weighted by atomic mass is 10.0. The highest BCUT2D eigenvalue weighted by atomic mass is 16.8.